The lowest BCUT2D eigenvalue weighted by Crippen LogP contribution is -2.64. The minimum Gasteiger partial charge on any atom is -0.481 e. The fraction of sp³-hybridized carbons (Fsp3) is 0.500. The Bertz CT molecular complexity index is 1450. The Labute approximate surface area is 234 Å². The smallest absolute Gasteiger partial charge is 0.435 e. The number of aliphatic hydroxyl groups excluding tert-OH is 1. The minimum absolute atomic E-state index is 0.0281. The van der Waals surface area contributed by atoms with Crippen molar-refractivity contribution in [2.75, 3.05) is 49.0 Å². The lowest BCUT2D eigenvalue weighted by molar-refractivity contribution is -0.142. The van der Waals surface area contributed by atoms with Crippen LogP contribution >= 0.6 is 0 Å². The molecule has 0 spiro atoms. The number of anilines is 3. The first-order chi connectivity index (χ1) is 19.5. The lowest BCUT2D eigenvalue weighted by atomic mass is 9.93. The zero-order valence-electron chi connectivity index (χ0n) is 23.1. The van der Waals surface area contributed by atoms with Gasteiger partial charge in [-0.15, -0.1) is 0 Å². The summed E-state index contributed by atoms with van der Waals surface area (Å²) < 4.78 is 51.3. The Morgan fingerprint density at radius 3 is 2.68 bits per heavy atom. The quantitative estimate of drug-likeness (QED) is 0.392. The molecule has 3 aromatic rings. The first-order valence-electron chi connectivity index (χ1n) is 13.1. The van der Waals surface area contributed by atoms with E-state index in [0.717, 1.165) is 22.4 Å². The molecule has 0 aliphatic carbocycles. The molecule has 0 saturated heterocycles. The maximum Gasteiger partial charge on any atom is 0.435 e. The van der Waals surface area contributed by atoms with E-state index in [9.17, 15) is 23.1 Å². The van der Waals surface area contributed by atoms with Gasteiger partial charge in [-0.25, -0.2) is 14.6 Å². The number of aromatic nitrogens is 5. The van der Waals surface area contributed by atoms with E-state index in [1.54, 1.807) is 42.1 Å². The number of aliphatic hydroxyl groups is 1. The molecule has 3 aromatic heterocycles. The van der Waals surface area contributed by atoms with Gasteiger partial charge in [-0.3, -0.25) is 4.79 Å². The summed E-state index contributed by atoms with van der Waals surface area (Å²) in [4.78, 5) is 30.1. The lowest BCUT2D eigenvalue weighted by Gasteiger charge is -2.47. The highest BCUT2D eigenvalue weighted by atomic mass is 19.4. The third-order valence-electron chi connectivity index (χ3n) is 7.47. The van der Waals surface area contributed by atoms with Crippen LogP contribution in [0.25, 0.3) is 0 Å². The predicted molar refractivity (Wildman–Crippen MR) is 142 cm³/mol. The molecule has 1 atom stereocenters. The number of pyridine rings is 1. The van der Waals surface area contributed by atoms with Crippen LogP contribution in [-0.2, 0) is 30.5 Å². The average Bonchev–Trinajstić information content (AvgIpc) is 3.29. The summed E-state index contributed by atoms with van der Waals surface area (Å²) in [5.74, 6) is 1.14. The first-order valence-corrected chi connectivity index (χ1v) is 13.1. The monoisotopic (exact) mass is 576 g/mol. The van der Waals surface area contributed by atoms with Crippen molar-refractivity contribution in [1.29, 1.82) is 0 Å². The van der Waals surface area contributed by atoms with Gasteiger partial charge in [-0.2, -0.15) is 23.3 Å². The van der Waals surface area contributed by atoms with Crippen molar-refractivity contribution in [3.8, 4) is 11.8 Å². The number of rotatable bonds is 9. The number of halogens is 3. The van der Waals surface area contributed by atoms with Gasteiger partial charge in [0.2, 0.25) is 17.7 Å². The maximum absolute atomic E-state index is 13.2. The van der Waals surface area contributed by atoms with Gasteiger partial charge in [0, 0.05) is 38.0 Å². The molecule has 2 aliphatic rings. The van der Waals surface area contributed by atoms with Crippen LogP contribution in [0, 0.1) is 6.92 Å². The molecule has 5 heterocycles. The number of alkyl halides is 3. The zero-order chi connectivity index (χ0) is 29.5. The van der Waals surface area contributed by atoms with Crippen molar-refractivity contribution in [3.63, 3.8) is 0 Å². The molecule has 0 aromatic carbocycles. The molecule has 1 amide bonds. The highest BCUT2D eigenvalue weighted by molar-refractivity contribution is 6.08. The minimum atomic E-state index is -4.58. The molecule has 0 fully saturated rings. The summed E-state index contributed by atoms with van der Waals surface area (Å²) in [7, 11) is 3.04. The maximum atomic E-state index is 13.2. The number of aryl methyl sites for hydroxylation is 1. The molecule has 15 heteroatoms. The van der Waals surface area contributed by atoms with E-state index in [-0.39, 0.29) is 37.1 Å². The average molecular weight is 577 g/mol. The van der Waals surface area contributed by atoms with Crippen molar-refractivity contribution < 1.29 is 32.5 Å². The Hall–Kier alpha value is -4.14. The van der Waals surface area contributed by atoms with E-state index in [0.29, 0.717) is 42.8 Å². The second-order valence-electron chi connectivity index (χ2n) is 10.1. The molecule has 0 saturated carbocycles. The Morgan fingerprint density at radius 1 is 1.24 bits per heavy atom. The van der Waals surface area contributed by atoms with Crippen molar-refractivity contribution in [2.24, 2.45) is 0 Å². The topological polar surface area (TPSA) is 131 Å². The zero-order valence-corrected chi connectivity index (χ0v) is 23.1. The second kappa shape index (κ2) is 10.7. The number of carbonyl (C=O) groups excluding carboxylic acids is 1. The summed E-state index contributed by atoms with van der Waals surface area (Å²) in [5.41, 5.74) is 0.100. The number of nitrogens with zero attached hydrogens (tertiary/aromatic N) is 7. The van der Waals surface area contributed by atoms with Gasteiger partial charge < -0.3 is 29.7 Å². The van der Waals surface area contributed by atoms with Gasteiger partial charge in [0.15, 0.2) is 11.5 Å². The van der Waals surface area contributed by atoms with E-state index in [2.05, 4.69) is 25.4 Å². The Balaban J connectivity index is 1.23. The van der Waals surface area contributed by atoms with Crippen LogP contribution in [0.4, 0.5) is 30.6 Å². The van der Waals surface area contributed by atoms with Crippen molar-refractivity contribution in [3.05, 3.63) is 40.8 Å². The molecule has 5 rings (SSSR count). The van der Waals surface area contributed by atoms with Crippen LogP contribution in [0.3, 0.4) is 0 Å². The van der Waals surface area contributed by atoms with Crippen molar-refractivity contribution in [2.45, 2.75) is 51.5 Å². The molecule has 12 nitrogen and oxygen atoms in total. The third kappa shape index (κ3) is 5.09. The molecule has 0 radical (unpaired) electrons. The van der Waals surface area contributed by atoms with E-state index < -0.39 is 17.4 Å². The number of likely N-dealkylation sites (N-methyl/N-ethyl adjacent to an activating group) is 1. The van der Waals surface area contributed by atoms with Crippen LogP contribution in [0.2, 0.25) is 0 Å². The van der Waals surface area contributed by atoms with Crippen molar-refractivity contribution >= 4 is 23.4 Å². The van der Waals surface area contributed by atoms with E-state index in [4.69, 9.17) is 9.47 Å². The van der Waals surface area contributed by atoms with E-state index >= 15 is 0 Å². The highest BCUT2D eigenvalue weighted by Crippen LogP contribution is 2.43. The summed E-state index contributed by atoms with van der Waals surface area (Å²) >= 11 is 0. The molecule has 41 heavy (non-hydrogen) atoms. The molecule has 220 valence electrons. The first kappa shape index (κ1) is 28.4. The van der Waals surface area contributed by atoms with Crippen LogP contribution in [0.15, 0.2) is 18.3 Å². The van der Waals surface area contributed by atoms with E-state index in [1.165, 1.54) is 14.0 Å². The van der Waals surface area contributed by atoms with E-state index in [1.807, 2.05) is 0 Å². The highest BCUT2D eigenvalue weighted by Gasteiger charge is 2.49. The number of amides is 1. The van der Waals surface area contributed by atoms with Gasteiger partial charge in [-0.05, 0) is 32.3 Å². The number of hydrogen-bond donors (Lipinski definition) is 2. The van der Waals surface area contributed by atoms with Gasteiger partial charge in [0.1, 0.15) is 17.8 Å². The van der Waals surface area contributed by atoms with Crippen molar-refractivity contribution in [1.82, 2.24) is 24.7 Å². The SMILES string of the molecule is COc1c(C)c(C(F)(F)F)nn1CCOc1ccc(CNc2nc3c4c(n2)N(C)[C@@](C)(CO)C(=O)N4CCC3)cn1. The fourth-order valence-corrected chi connectivity index (χ4v) is 5.05. The summed E-state index contributed by atoms with van der Waals surface area (Å²) in [6, 6.07) is 3.46. The van der Waals surface area contributed by atoms with Crippen LogP contribution in [0.1, 0.15) is 35.9 Å². The molecular weight excluding hydrogens is 545 g/mol. The number of methoxy groups -OCH3 is 1. The van der Waals surface area contributed by atoms with Crippen LogP contribution in [0.5, 0.6) is 11.8 Å². The summed E-state index contributed by atoms with van der Waals surface area (Å²) in [6.07, 6.45) is -1.49. The molecule has 2 N–H and O–H groups in total. The Kier molecular flexibility index (Phi) is 7.40. The number of nitrogens with one attached hydrogen (secondary N) is 1. The standard InChI is InChI=1S/C26H31F3N8O4/c1-15-20(26(27,28)29)34-37(22(15)40-4)10-11-41-18-8-7-16(12-30-18)13-31-24-32-17-6-5-9-36-19(17)21(33-24)35(3)25(2,14-38)23(36)39/h7-8,12,38H,5-6,9-11,13-14H2,1-4H3,(H,31,32,33)/t25-/m0/s1. The largest absolute Gasteiger partial charge is 0.481 e. The molecular formula is C26H31F3N8O4. The second-order valence-corrected chi connectivity index (χ2v) is 10.1. The molecule has 0 unspecified atom stereocenters. The van der Waals surface area contributed by atoms with Crippen LogP contribution < -0.4 is 24.6 Å². The van der Waals surface area contributed by atoms with Gasteiger partial charge in [0.05, 0.1) is 26.0 Å². The van der Waals surface area contributed by atoms with Gasteiger partial charge >= 0.3 is 6.18 Å². The van der Waals surface area contributed by atoms with Gasteiger partial charge in [0.25, 0.3) is 5.91 Å². The number of carbonyl (C=O) groups is 1. The Morgan fingerprint density at radius 2 is 2.02 bits per heavy atom. The summed E-state index contributed by atoms with van der Waals surface area (Å²) in [5, 5.41) is 16.9. The summed E-state index contributed by atoms with van der Waals surface area (Å²) in [6.45, 7) is 3.65. The normalized spacial score (nSPS) is 18.4. The number of hydrogen-bond acceptors (Lipinski definition) is 10. The molecule has 0 bridgehead atoms. The van der Waals surface area contributed by atoms with Gasteiger partial charge in [-0.1, -0.05) is 6.07 Å². The fourth-order valence-electron chi connectivity index (χ4n) is 5.05. The molecule has 2 aliphatic heterocycles. The third-order valence-corrected chi connectivity index (χ3v) is 7.47. The number of ether oxygens (including phenoxy) is 2. The van der Waals surface area contributed by atoms with Crippen LogP contribution in [-0.4, -0.2) is 75.2 Å². The predicted octanol–water partition coefficient (Wildman–Crippen LogP) is 2.58.